The van der Waals surface area contributed by atoms with E-state index in [9.17, 15) is 0 Å². The maximum Gasteiger partial charge on any atom is 0.257 e. The fourth-order valence-electron chi connectivity index (χ4n) is 1.17. The molecule has 66 valence electrons. The Labute approximate surface area is 70.1 Å². The molecule has 1 aromatic heterocycles. The van der Waals surface area contributed by atoms with Crippen molar-refractivity contribution in [3.8, 4) is 0 Å². The van der Waals surface area contributed by atoms with Crippen LogP contribution in [0, 0.1) is 6.92 Å². The largest absolute Gasteiger partial charge is 0.366 e. The van der Waals surface area contributed by atoms with Crippen LogP contribution < -0.4 is 5.32 Å². The van der Waals surface area contributed by atoms with Gasteiger partial charge in [0.2, 0.25) is 0 Å². The lowest BCUT2D eigenvalue weighted by Gasteiger charge is -2.19. The minimum atomic E-state index is -0.0695. The zero-order valence-electron chi connectivity index (χ0n) is 6.91. The molecule has 5 nitrogen and oxygen atoms in total. The minimum Gasteiger partial charge on any atom is -0.366 e. The smallest absolute Gasteiger partial charge is 0.257 e. The summed E-state index contributed by atoms with van der Waals surface area (Å²) >= 11 is 0. The molecular formula is C7H11N3O2. The zero-order valence-corrected chi connectivity index (χ0v) is 6.91. The summed E-state index contributed by atoms with van der Waals surface area (Å²) < 4.78 is 10.4. The van der Waals surface area contributed by atoms with E-state index in [1.165, 1.54) is 0 Å². The first-order chi connectivity index (χ1) is 5.86. The summed E-state index contributed by atoms with van der Waals surface area (Å²) in [5.74, 6) is 1.22. The summed E-state index contributed by atoms with van der Waals surface area (Å²) in [5, 5.41) is 6.89. The van der Waals surface area contributed by atoms with Gasteiger partial charge in [-0.2, -0.15) is 4.98 Å². The Hall–Kier alpha value is -0.940. The molecule has 1 fully saturated rings. The van der Waals surface area contributed by atoms with E-state index in [1.54, 1.807) is 6.92 Å². The number of aromatic nitrogens is 2. The Bertz CT molecular complexity index is 255. The van der Waals surface area contributed by atoms with Gasteiger partial charge in [-0.15, -0.1) is 0 Å². The van der Waals surface area contributed by atoms with Gasteiger partial charge in [0.1, 0.15) is 6.10 Å². The quantitative estimate of drug-likeness (QED) is 0.643. The molecule has 0 amide bonds. The van der Waals surface area contributed by atoms with Crippen molar-refractivity contribution in [1.82, 2.24) is 15.5 Å². The van der Waals surface area contributed by atoms with Crippen molar-refractivity contribution in [3.05, 3.63) is 11.7 Å². The predicted octanol–water partition coefficient (Wildman–Crippen LogP) is 0.0389. The number of nitrogens with zero attached hydrogens (tertiary/aromatic N) is 2. The number of hydrogen-bond donors (Lipinski definition) is 1. The molecule has 5 heteroatoms. The predicted molar refractivity (Wildman–Crippen MR) is 40.6 cm³/mol. The van der Waals surface area contributed by atoms with E-state index in [4.69, 9.17) is 9.26 Å². The van der Waals surface area contributed by atoms with Crippen LogP contribution in [0.4, 0.5) is 0 Å². The number of morpholine rings is 1. The zero-order chi connectivity index (χ0) is 8.39. The van der Waals surface area contributed by atoms with Crippen molar-refractivity contribution in [1.29, 1.82) is 0 Å². The Morgan fingerprint density at radius 2 is 2.50 bits per heavy atom. The van der Waals surface area contributed by atoms with Crippen molar-refractivity contribution < 1.29 is 9.26 Å². The van der Waals surface area contributed by atoms with Crippen molar-refractivity contribution in [2.45, 2.75) is 13.0 Å². The highest BCUT2D eigenvalue weighted by molar-refractivity contribution is 4.90. The maximum atomic E-state index is 5.42. The molecule has 0 aromatic carbocycles. The van der Waals surface area contributed by atoms with Gasteiger partial charge in [0.05, 0.1) is 6.61 Å². The highest BCUT2D eigenvalue weighted by Gasteiger charge is 2.20. The van der Waals surface area contributed by atoms with E-state index in [0.29, 0.717) is 18.3 Å². The average molecular weight is 169 g/mol. The third-order valence-electron chi connectivity index (χ3n) is 1.75. The van der Waals surface area contributed by atoms with E-state index in [1.807, 2.05) is 0 Å². The lowest BCUT2D eigenvalue weighted by molar-refractivity contribution is 0.00755. The highest BCUT2D eigenvalue weighted by Crippen LogP contribution is 2.15. The third kappa shape index (κ3) is 1.46. The van der Waals surface area contributed by atoms with E-state index in [2.05, 4.69) is 15.5 Å². The van der Waals surface area contributed by atoms with E-state index in [0.717, 1.165) is 13.1 Å². The third-order valence-corrected chi connectivity index (χ3v) is 1.75. The standard InChI is InChI=1S/C7H11N3O2/c1-5-9-7(12-10-5)6-4-8-2-3-11-6/h6,8H,2-4H2,1H3/t6-/m0/s1. The summed E-state index contributed by atoms with van der Waals surface area (Å²) in [4.78, 5) is 4.09. The van der Waals surface area contributed by atoms with E-state index in [-0.39, 0.29) is 6.10 Å². The fourth-order valence-corrected chi connectivity index (χ4v) is 1.17. The first-order valence-corrected chi connectivity index (χ1v) is 3.99. The summed E-state index contributed by atoms with van der Waals surface area (Å²) in [6.45, 7) is 4.14. The number of nitrogens with one attached hydrogen (secondary N) is 1. The minimum absolute atomic E-state index is 0.0695. The number of rotatable bonds is 1. The Morgan fingerprint density at radius 3 is 3.08 bits per heavy atom. The second kappa shape index (κ2) is 3.20. The molecule has 1 saturated heterocycles. The Balaban J connectivity index is 2.08. The monoisotopic (exact) mass is 169 g/mol. The first kappa shape index (κ1) is 7.70. The number of aryl methyl sites for hydroxylation is 1. The Morgan fingerprint density at radius 1 is 1.58 bits per heavy atom. The molecular weight excluding hydrogens is 158 g/mol. The molecule has 1 aliphatic heterocycles. The second-order valence-corrected chi connectivity index (χ2v) is 2.74. The van der Waals surface area contributed by atoms with Gasteiger partial charge >= 0.3 is 0 Å². The molecule has 0 spiro atoms. The molecule has 1 atom stereocenters. The average Bonchev–Trinajstić information content (AvgIpc) is 2.54. The molecule has 0 radical (unpaired) electrons. The molecule has 0 saturated carbocycles. The molecule has 1 aliphatic rings. The maximum absolute atomic E-state index is 5.42. The lowest BCUT2D eigenvalue weighted by atomic mass is 10.3. The molecule has 0 aliphatic carbocycles. The van der Waals surface area contributed by atoms with Crippen LogP contribution >= 0.6 is 0 Å². The van der Waals surface area contributed by atoms with Crippen LogP contribution in [0.2, 0.25) is 0 Å². The van der Waals surface area contributed by atoms with Crippen molar-refractivity contribution in [2.24, 2.45) is 0 Å². The summed E-state index contributed by atoms with van der Waals surface area (Å²) in [6, 6.07) is 0. The SMILES string of the molecule is Cc1noc([C@@H]2CNCCO2)n1. The second-order valence-electron chi connectivity index (χ2n) is 2.74. The van der Waals surface area contributed by atoms with Gasteiger partial charge < -0.3 is 14.6 Å². The molecule has 2 heterocycles. The van der Waals surface area contributed by atoms with Gasteiger partial charge in [-0.3, -0.25) is 0 Å². The first-order valence-electron chi connectivity index (χ1n) is 3.99. The van der Waals surface area contributed by atoms with Crippen molar-refractivity contribution in [2.75, 3.05) is 19.7 Å². The van der Waals surface area contributed by atoms with Crippen LogP contribution in [-0.2, 0) is 4.74 Å². The molecule has 12 heavy (non-hydrogen) atoms. The molecule has 0 bridgehead atoms. The summed E-state index contributed by atoms with van der Waals surface area (Å²) in [5.41, 5.74) is 0. The fraction of sp³-hybridized carbons (Fsp3) is 0.714. The Kier molecular flexibility index (Phi) is 2.05. The van der Waals surface area contributed by atoms with Crippen molar-refractivity contribution >= 4 is 0 Å². The van der Waals surface area contributed by atoms with Crippen LogP contribution in [0.3, 0.4) is 0 Å². The van der Waals surface area contributed by atoms with Gasteiger partial charge in [0.25, 0.3) is 5.89 Å². The molecule has 0 unspecified atom stereocenters. The topological polar surface area (TPSA) is 60.2 Å². The number of hydrogen-bond acceptors (Lipinski definition) is 5. The highest BCUT2D eigenvalue weighted by atomic mass is 16.5. The van der Waals surface area contributed by atoms with Gasteiger partial charge in [-0.05, 0) is 6.92 Å². The molecule has 1 aromatic rings. The van der Waals surface area contributed by atoms with Gasteiger partial charge in [-0.1, -0.05) is 5.16 Å². The van der Waals surface area contributed by atoms with Crippen molar-refractivity contribution in [3.63, 3.8) is 0 Å². The van der Waals surface area contributed by atoms with Crippen LogP contribution in [0.25, 0.3) is 0 Å². The van der Waals surface area contributed by atoms with Gasteiger partial charge in [0, 0.05) is 13.1 Å². The summed E-state index contributed by atoms with van der Waals surface area (Å²) in [6.07, 6.45) is -0.0695. The summed E-state index contributed by atoms with van der Waals surface area (Å²) in [7, 11) is 0. The molecule has 2 rings (SSSR count). The lowest BCUT2D eigenvalue weighted by Crippen LogP contribution is -2.33. The van der Waals surface area contributed by atoms with Crippen LogP contribution in [0.15, 0.2) is 4.52 Å². The normalized spacial score (nSPS) is 24.2. The van der Waals surface area contributed by atoms with E-state index < -0.39 is 0 Å². The van der Waals surface area contributed by atoms with Crippen LogP contribution in [-0.4, -0.2) is 29.8 Å². The van der Waals surface area contributed by atoms with E-state index >= 15 is 0 Å². The van der Waals surface area contributed by atoms with Crippen LogP contribution in [0.5, 0.6) is 0 Å². The van der Waals surface area contributed by atoms with Gasteiger partial charge in [0.15, 0.2) is 5.82 Å². The number of ether oxygens (including phenoxy) is 1. The van der Waals surface area contributed by atoms with Gasteiger partial charge in [-0.25, -0.2) is 0 Å². The molecule has 1 N–H and O–H groups in total. The van der Waals surface area contributed by atoms with Crippen LogP contribution in [0.1, 0.15) is 17.8 Å².